The Bertz CT molecular complexity index is 804. The van der Waals surface area contributed by atoms with Crippen molar-refractivity contribution in [2.45, 2.75) is 45.8 Å². The minimum absolute atomic E-state index is 0.00726. The third kappa shape index (κ3) is 3.91. The van der Waals surface area contributed by atoms with Gasteiger partial charge in [0.25, 0.3) is 5.69 Å². The maximum atomic E-state index is 11.9. The molecule has 2 aliphatic heterocycles. The molecule has 0 aliphatic carbocycles. The molecule has 29 heavy (non-hydrogen) atoms. The molecule has 0 N–H and O–H groups in total. The van der Waals surface area contributed by atoms with E-state index in [9.17, 15) is 14.9 Å². The van der Waals surface area contributed by atoms with Gasteiger partial charge in [-0.3, -0.25) is 14.9 Å². The Balaban J connectivity index is 1.97. The topological polar surface area (TPSA) is 94.4 Å². The Morgan fingerprint density at radius 1 is 1.14 bits per heavy atom. The van der Waals surface area contributed by atoms with Crippen molar-refractivity contribution in [1.29, 1.82) is 0 Å². The predicted octanol–water partition coefficient (Wildman–Crippen LogP) is 1.57. The van der Waals surface area contributed by atoms with E-state index in [0.717, 1.165) is 0 Å². The highest BCUT2D eigenvalue weighted by Gasteiger charge is 2.53. The molecule has 0 bridgehead atoms. The van der Waals surface area contributed by atoms with Crippen LogP contribution in [-0.2, 0) is 14.1 Å². The van der Waals surface area contributed by atoms with Crippen molar-refractivity contribution in [3.05, 3.63) is 22.2 Å². The molecule has 0 atom stereocenters. The number of carbonyl (C=O) groups excluding carboxylic acids is 1. The van der Waals surface area contributed by atoms with Crippen molar-refractivity contribution in [3.8, 4) is 5.75 Å². The smallest absolute Gasteiger partial charge is 0.497 e. The van der Waals surface area contributed by atoms with Gasteiger partial charge in [-0.2, -0.15) is 0 Å². The molecule has 1 aromatic rings. The van der Waals surface area contributed by atoms with Gasteiger partial charge in [-0.05, 0) is 27.7 Å². The van der Waals surface area contributed by atoms with Gasteiger partial charge >= 0.3 is 7.12 Å². The van der Waals surface area contributed by atoms with Crippen molar-refractivity contribution >= 4 is 29.9 Å². The summed E-state index contributed by atoms with van der Waals surface area (Å²) in [5, 5.41) is 11.9. The number of ether oxygens (including phenoxy) is 1. The summed E-state index contributed by atoms with van der Waals surface area (Å²) in [7, 11) is 0.755. The van der Waals surface area contributed by atoms with Gasteiger partial charge in [0.2, 0.25) is 5.91 Å². The number of methoxy groups -OCH3 is 1. The van der Waals surface area contributed by atoms with E-state index in [4.69, 9.17) is 14.0 Å². The Kier molecular flexibility index (Phi) is 5.53. The van der Waals surface area contributed by atoms with Gasteiger partial charge in [0.1, 0.15) is 11.4 Å². The molecule has 9 nitrogen and oxygen atoms in total. The SMILES string of the molecule is COc1cc(N2CCN(C(C)=O)CC2)c([N+](=O)[O-])cc1B1OC(C)(C)C(C)(C)O1. The molecule has 0 saturated carbocycles. The van der Waals surface area contributed by atoms with Crippen molar-refractivity contribution < 1.29 is 23.8 Å². The molecule has 2 heterocycles. The summed E-state index contributed by atoms with van der Waals surface area (Å²) in [5.41, 5.74) is -0.218. The fourth-order valence-electron chi connectivity index (χ4n) is 3.57. The first-order valence-corrected chi connectivity index (χ1v) is 9.69. The molecule has 0 aromatic heterocycles. The molecule has 0 spiro atoms. The fraction of sp³-hybridized carbons (Fsp3) is 0.632. The summed E-state index contributed by atoms with van der Waals surface area (Å²) in [6.07, 6.45) is 0. The van der Waals surface area contributed by atoms with Gasteiger partial charge in [0, 0.05) is 50.7 Å². The minimum Gasteiger partial charge on any atom is -0.497 e. The molecule has 1 aromatic carbocycles. The highest BCUT2D eigenvalue weighted by Crippen LogP contribution is 2.39. The Morgan fingerprint density at radius 3 is 2.14 bits per heavy atom. The number of nitro groups is 1. The van der Waals surface area contributed by atoms with Crippen LogP contribution < -0.4 is 15.1 Å². The summed E-state index contributed by atoms with van der Waals surface area (Å²) < 4.78 is 17.7. The van der Waals surface area contributed by atoms with Crippen molar-refractivity contribution in [1.82, 2.24) is 4.90 Å². The minimum atomic E-state index is -0.766. The standard InChI is InChI=1S/C19H28BN3O6/c1-13(24)21-7-9-22(10-8-21)15-12-17(27-6)14(11-16(15)23(25)26)20-28-18(2,3)19(4,5)29-20/h11-12H,7-10H2,1-6H3. The van der Waals surface area contributed by atoms with Crippen LogP contribution in [0.15, 0.2) is 12.1 Å². The molecule has 158 valence electrons. The lowest BCUT2D eigenvalue weighted by Gasteiger charge is -2.35. The zero-order chi connectivity index (χ0) is 21.6. The first-order valence-electron chi connectivity index (χ1n) is 9.69. The number of carbonyl (C=O) groups is 1. The number of hydrogen-bond donors (Lipinski definition) is 0. The van der Waals surface area contributed by atoms with E-state index < -0.39 is 23.2 Å². The molecule has 2 saturated heterocycles. The van der Waals surface area contributed by atoms with E-state index in [-0.39, 0.29) is 11.6 Å². The first-order chi connectivity index (χ1) is 13.5. The summed E-state index contributed by atoms with van der Waals surface area (Å²) in [6, 6.07) is 3.15. The lowest BCUT2D eigenvalue weighted by Crippen LogP contribution is -2.48. The second-order valence-electron chi connectivity index (χ2n) is 8.42. The predicted molar refractivity (Wildman–Crippen MR) is 110 cm³/mol. The molecule has 0 radical (unpaired) electrons. The maximum Gasteiger partial charge on any atom is 0.498 e. The normalized spacial score (nSPS) is 20.7. The van der Waals surface area contributed by atoms with Gasteiger partial charge in [0.15, 0.2) is 0 Å². The first kappa shape index (κ1) is 21.4. The lowest BCUT2D eigenvalue weighted by atomic mass is 9.77. The van der Waals surface area contributed by atoms with E-state index in [1.807, 2.05) is 32.6 Å². The average molecular weight is 405 g/mol. The van der Waals surface area contributed by atoms with Gasteiger partial charge in [-0.25, -0.2) is 0 Å². The van der Waals surface area contributed by atoms with Crippen molar-refractivity contribution in [2.24, 2.45) is 0 Å². The quantitative estimate of drug-likeness (QED) is 0.426. The Labute approximate surface area is 171 Å². The van der Waals surface area contributed by atoms with Gasteiger partial charge in [-0.1, -0.05) is 0 Å². The number of nitrogens with zero attached hydrogens (tertiary/aromatic N) is 3. The van der Waals surface area contributed by atoms with E-state index in [1.54, 1.807) is 11.0 Å². The number of hydrogen-bond acceptors (Lipinski definition) is 7. The van der Waals surface area contributed by atoms with Crippen LogP contribution in [0.5, 0.6) is 5.75 Å². The zero-order valence-electron chi connectivity index (χ0n) is 17.9. The largest absolute Gasteiger partial charge is 0.498 e. The number of rotatable bonds is 4. The van der Waals surface area contributed by atoms with Gasteiger partial charge < -0.3 is 23.8 Å². The van der Waals surface area contributed by atoms with Crippen molar-refractivity contribution in [2.75, 3.05) is 38.2 Å². The van der Waals surface area contributed by atoms with E-state index in [2.05, 4.69) is 0 Å². The van der Waals surface area contributed by atoms with Crippen LogP contribution in [0.1, 0.15) is 34.6 Å². The van der Waals surface area contributed by atoms with Crippen LogP contribution in [0.3, 0.4) is 0 Å². The molecule has 2 fully saturated rings. The molecular formula is C19H28BN3O6. The summed E-state index contributed by atoms with van der Waals surface area (Å²) in [4.78, 5) is 26.7. The molecule has 0 unspecified atom stereocenters. The third-order valence-electron chi connectivity index (χ3n) is 6.10. The maximum absolute atomic E-state index is 11.9. The average Bonchev–Trinajstić information content (AvgIpc) is 2.87. The second kappa shape index (κ2) is 7.49. The van der Waals surface area contributed by atoms with Crippen LogP contribution in [0.25, 0.3) is 0 Å². The third-order valence-corrected chi connectivity index (χ3v) is 6.10. The Morgan fingerprint density at radius 2 is 1.69 bits per heavy atom. The number of nitro benzene ring substituents is 1. The summed E-state index contributed by atoms with van der Waals surface area (Å²) >= 11 is 0. The van der Waals surface area contributed by atoms with E-state index in [0.29, 0.717) is 43.1 Å². The van der Waals surface area contributed by atoms with E-state index >= 15 is 0 Å². The van der Waals surface area contributed by atoms with Crippen LogP contribution in [-0.4, -0.2) is 67.3 Å². The van der Waals surface area contributed by atoms with Crippen LogP contribution in [0.2, 0.25) is 0 Å². The number of anilines is 1. The summed E-state index contributed by atoms with van der Waals surface area (Å²) in [6.45, 7) is 11.3. The molecule has 10 heteroatoms. The number of piperazine rings is 1. The monoisotopic (exact) mass is 405 g/mol. The number of benzene rings is 1. The van der Waals surface area contributed by atoms with Crippen LogP contribution in [0.4, 0.5) is 11.4 Å². The van der Waals surface area contributed by atoms with Crippen LogP contribution in [0, 0.1) is 10.1 Å². The van der Waals surface area contributed by atoms with Gasteiger partial charge in [-0.15, -0.1) is 0 Å². The highest BCUT2D eigenvalue weighted by molar-refractivity contribution is 6.63. The molecule has 2 aliphatic rings. The Hall–Kier alpha value is -2.33. The zero-order valence-corrected chi connectivity index (χ0v) is 17.9. The van der Waals surface area contributed by atoms with Crippen molar-refractivity contribution in [3.63, 3.8) is 0 Å². The molecule has 1 amide bonds. The number of amides is 1. The van der Waals surface area contributed by atoms with Gasteiger partial charge in [0.05, 0.1) is 23.2 Å². The lowest BCUT2D eigenvalue weighted by molar-refractivity contribution is -0.384. The fourth-order valence-corrected chi connectivity index (χ4v) is 3.57. The molecular weight excluding hydrogens is 377 g/mol. The second-order valence-corrected chi connectivity index (χ2v) is 8.42. The molecule has 3 rings (SSSR count). The van der Waals surface area contributed by atoms with E-state index in [1.165, 1.54) is 20.1 Å². The highest BCUT2D eigenvalue weighted by atomic mass is 16.7. The summed E-state index contributed by atoms with van der Waals surface area (Å²) in [5.74, 6) is 0.478. The van der Waals surface area contributed by atoms with Crippen LogP contribution >= 0.6 is 0 Å².